The van der Waals surface area contributed by atoms with Gasteiger partial charge in [-0.15, -0.1) is 0 Å². The van der Waals surface area contributed by atoms with Crippen molar-refractivity contribution < 1.29 is 9.84 Å². The molecule has 2 heteroatoms. The summed E-state index contributed by atoms with van der Waals surface area (Å²) in [5.41, 5.74) is 3.33. The van der Waals surface area contributed by atoms with Gasteiger partial charge in [0.2, 0.25) is 0 Å². The van der Waals surface area contributed by atoms with Crippen LogP contribution in [-0.4, -0.2) is 22.4 Å². The molecule has 2 unspecified atom stereocenters. The Kier molecular flexibility index (Phi) is 4.01. The number of benzene rings is 1. The van der Waals surface area contributed by atoms with Crippen molar-refractivity contribution in [3.05, 3.63) is 34.9 Å². The van der Waals surface area contributed by atoms with Gasteiger partial charge in [-0.1, -0.05) is 29.3 Å². The Morgan fingerprint density at radius 1 is 1.15 bits per heavy atom. The van der Waals surface area contributed by atoms with Crippen LogP contribution in [0.25, 0.3) is 0 Å². The van der Waals surface area contributed by atoms with Crippen molar-refractivity contribution in [2.75, 3.05) is 0 Å². The van der Waals surface area contributed by atoms with Crippen LogP contribution in [0.15, 0.2) is 18.2 Å². The molecule has 112 valence electrons. The van der Waals surface area contributed by atoms with Gasteiger partial charge in [0.25, 0.3) is 0 Å². The minimum Gasteiger partial charge on any atom is -0.392 e. The van der Waals surface area contributed by atoms with Gasteiger partial charge in [0, 0.05) is 5.92 Å². The smallest absolute Gasteiger partial charge is 0.0687 e. The summed E-state index contributed by atoms with van der Waals surface area (Å²) in [6, 6.07) is 6.51. The fraction of sp³-hybridized carbons (Fsp3) is 0.667. The van der Waals surface area contributed by atoms with Gasteiger partial charge >= 0.3 is 0 Å². The third-order valence-corrected chi connectivity index (χ3v) is 4.33. The molecule has 1 aliphatic rings. The van der Waals surface area contributed by atoms with Crippen molar-refractivity contribution in [2.45, 2.75) is 71.7 Å². The second-order valence-corrected chi connectivity index (χ2v) is 7.54. The first-order chi connectivity index (χ1) is 9.09. The zero-order valence-corrected chi connectivity index (χ0v) is 13.7. The predicted molar refractivity (Wildman–Crippen MR) is 83.0 cm³/mol. The van der Waals surface area contributed by atoms with Crippen LogP contribution in [0.2, 0.25) is 0 Å². The Morgan fingerprint density at radius 2 is 1.70 bits per heavy atom. The highest BCUT2D eigenvalue weighted by Gasteiger charge is 2.48. The molecule has 2 atom stereocenters. The first-order valence-corrected chi connectivity index (χ1v) is 7.54. The highest BCUT2D eigenvalue weighted by Crippen LogP contribution is 2.44. The molecule has 0 aromatic heterocycles. The normalized spacial score (nSPS) is 25.6. The lowest BCUT2D eigenvalue weighted by atomic mass is 9.81. The standard InChI is InChI=1S/C18H28O2/c1-12-7-13(2)9-14(8-12)10-16(19)15-11-17(3,4)20-18(15,5)6/h7-9,15-16,19H,10-11H2,1-6H3. The van der Waals surface area contributed by atoms with Crippen molar-refractivity contribution in [2.24, 2.45) is 5.92 Å². The van der Waals surface area contributed by atoms with Gasteiger partial charge in [0.1, 0.15) is 0 Å². The summed E-state index contributed by atoms with van der Waals surface area (Å²) in [4.78, 5) is 0. The summed E-state index contributed by atoms with van der Waals surface area (Å²) in [6.07, 6.45) is 1.26. The molecule has 0 bridgehead atoms. The average molecular weight is 276 g/mol. The maximum atomic E-state index is 10.7. The maximum Gasteiger partial charge on any atom is 0.0687 e. The Balaban J connectivity index is 2.14. The zero-order valence-electron chi connectivity index (χ0n) is 13.7. The minimum absolute atomic E-state index is 0.141. The van der Waals surface area contributed by atoms with Crippen molar-refractivity contribution in [1.29, 1.82) is 0 Å². The lowest BCUT2D eigenvalue weighted by Crippen LogP contribution is -2.37. The summed E-state index contributed by atoms with van der Waals surface area (Å²) in [6.45, 7) is 12.6. The van der Waals surface area contributed by atoms with Crippen LogP contribution in [-0.2, 0) is 11.2 Å². The molecule has 1 aromatic rings. The van der Waals surface area contributed by atoms with Gasteiger partial charge in [-0.3, -0.25) is 0 Å². The van der Waals surface area contributed by atoms with Crippen LogP contribution in [0.4, 0.5) is 0 Å². The minimum atomic E-state index is -0.354. The molecule has 0 spiro atoms. The SMILES string of the molecule is Cc1cc(C)cc(CC(O)C2CC(C)(C)OC2(C)C)c1. The molecule has 0 saturated carbocycles. The van der Waals surface area contributed by atoms with E-state index in [2.05, 4.69) is 59.7 Å². The van der Waals surface area contributed by atoms with E-state index in [1.165, 1.54) is 16.7 Å². The van der Waals surface area contributed by atoms with Gasteiger partial charge in [-0.25, -0.2) is 0 Å². The Labute approximate surface area is 123 Å². The average Bonchev–Trinajstić information content (AvgIpc) is 2.44. The van der Waals surface area contributed by atoms with Crippen molar-refractivity contribution >= 4 is 0 Å². The summed E-state index contributed by atoms with van der Waals surface area (Å²) < 4.78 is 6.10. The number of hydrogen-bond donors (Lipinski definition) is 1. The second kappa shape index (κ2) is 5.16. The molecule has 0 aliphatic carbocycles. The molecule has 1 heterocycles. The number of hydrogen-bond acceptors (Lipinski definition) is 2. The highest BCUT2D eigenvalue weighted by atomic mass is 16.5. The second-order valence-electron chi connectivity index (χ2n) is 7.54. The predicted octanol–water partition coefficient (Wildman–Crippen LogP) is 3.80. The van der Waals surface area contributed by atoms with E-state index in [1.807, 2.05) is 0 Å². The van der Waals surface area contributed by atoms with E-state index in [1.54, 1.807) is 0 Å². The van der Waals surface area contributed by atoms with Gasteiger partial charge in [0.15, 0.2) is 0 Å². The molecule has 1 fully saturated rings. The van der Waals surface area contributed by atoms with Crippen LogP contribution in [0, 0.1) is 19.8 Å². The van der Waals surface area contributed by atoms with Crippen molar-refractivity contribution in [3.8, 4) is 0 Å². The fourth-order valence-electron chi connectivity index (χ4n) is 3.77. The van der Waals surface area contributed by atoms with E-state index in [4.69, 9.17) is 4.74 Å². The monoisotopic (exact) mass is 276 g/mol. The highest BCUT2D eigenvalue weighted by molar-refractivity contribution is 5.29. The fourth-order valence-corrected chi connectivity index (χ4v) is 3.77. The molecule has 2 rings (SSSR count). The van der Waals surface area contributed by atoms with E-state index < -0.39 is 0 Å². The zero-order chi connectivity index (χ0) is 15.1. The molecule has 1 saturated heterocycles. The first kappa shape index (κ1) is 15.5. The topological polar surface area (TPSA) is 29.5 Å². The molecule has 1 aromatic carbocycles. The summed E-state index contributed by atoms with van der Waals surface area (Å²) in [5.74, 6) is 0.179. The van der Waals surface area contributed by atoms with Gasteiger partial charge in [0.05, 0.1) is 17.3 Å². The van der Waals surface area contributed by atoms with Gasteiger partial charge in [-0.05, 0) is 59.9 Å². The lowest BCUT2D eigenvalue weighted by molar-refractivity contribution is -0.0873. The van der Waals surface area contributed by atoms with Crippen molar-refractivity contribution in [3.63, 3.8) is 0 Å². The molecule has 0 amide bonds. The third-order valence-electron chi connectivity index (χ3n) is 4.33. The molecule has 2 nitrogen and oxygen atoms in total. The maximum absolute atomic E-state index is 10.7. The summed E-state index contributed by atoms with van der Waals surface area (Å²) in [7, 11) is 0. The van der Waals surface area contributed by atoms with Crippen LogP contribution < -0.4 is 0 Å². The third kappa shape index (κ3) is 3.42. The molecular formula is C18H28O2. The first-order valence-electron chi connectivity index (χ1n) is 7.54. The van der Waals surface area contributed by atoms with Gasteiger partial charge < -0.3 is 9.84 Å². The van der Waals surface area contributed by atoms with E-state index in [0.29, 0.717) is 6.42 Å². The lowest BCUT2D eigenvalue weighted by Gasteiger charge is -2.30. The van der Waals surface area contributed by atoms with E-state index >= 15 is 0 Å². The van der Waals surface area contributed by atoms with Crippen LogP contribution >= 0.6 is 0 Å². The van der Waals surface area contributed by atoms with Crippen molar-refractivity contribution in [1.82, 2.24) is 0 Å². The van der Waals surface area contributed by atoms with Crippen LogP contribution in [0.3, 0.4) is 0 Å². The molecule has 20 heavy (non-hydrogen) atoms. The summed E-state index contributed by atoms with van der Waals surface area (Å²) in [5, 5.41) is 10.7. The number of ether oxygens (including phenoxy) is 1. The molecular weight excluding hydrogens is 248 g/mol. The molecule has 0 radical (unpaired) electrons. The van der Waals surface area contributed by atoms with E-state index in [9.17, 15) is 5.11 Å². The number of aliphatic hydroxyl groups is 1. The van der Waals surface area contributed by atoms with E-state index in [0.717, 1.165) is 6.42 Å². The summed E-state index contributed by atoms with van der Waals surface area (Å²) >= 11 is 0. The van der Waals surface area contributed by atoms with Gasteiger partial charge in [-0.2, -0.15) is 0 Å². The van der Waals surface area contributed by atoms with Crippen LogP contribution in [0.5, 0.6) is 0 Å². The van der Waals surface area contributed by atoms with Crippen LogP contribution in [0.1, 0.15) is 50.8 Å². The Morgan fingerprint density at radius 3 is 2.15 bits per heavy atom. The number of aliphatic hydroxyl groups excluding tert-OH is 1. The Hall–Kier alpha value is -0.860. The number of aryl methyl sites for hydroxylation is 2. The number of rotatable bonds is 3. The quantitative estimate of drug-likeness (QED) is 0.910. The largest absolute Gasteiger partial charge is 0.392 e. The molecule has 1 N–H and O–H groups in total. The Bertz CT molecular complexity index is 468. The van der Waals surface area contributed by atoms with E-state index in [-0.39, 0.29) is 23.2 Å². The molecule has 1 aliphatic heterocycles.